The van der Waals surface area contributed by atoms with E-state index in [2.05, 4.69) is 15.1 Å². The third-order valence-electron chi connectivity index (χ3n) is 6.21. The number of hydrogen-bond acceptors (Lipinski definition) is 4. The monoisotopic (exact) mass is 461 g/mol. The molecule has 1 aliphatic carbocycles. The lowest BCUT2D eigenvalue weighted by atomic mass is 10.0. The minimum atomic E-state index is -1.34. The zero-order valence-corrected chi connectivity index (χ0v) is 18.8. The molecule has 1 saturated heterocycles. The molecule has 2 aromatic rings. The van der Waals surface area contributed by atoms with Gasteiger partial charge in [-0.2, -0.15) is 0 Å². The van der Waals surface area contributed by atoms with Crippen molar-refractivity contribution in [2.75, 3.05) is 49.5 Å². The van der Waals surface area contributed by atoms with Crippen LogP contribution in [-0.2, 0) is 4.79 Å². The molecule has 0 aromatic heterocycles. The number of hydrogen-bond donors (Lipinski definition) is 1. The molecule has 1 N–H and O–H groups in total. The SMILES string of the molecule is [2H]C12CC1([2H])c1ccc(OCCCCN3CCN(c4cccc(Cl)c4Cl)CC3)cc1NC2=O. The van der Waals surface area contributed by atoms with Gasteiger partial charge < -0.3 is 15.0 Å². The van der Waals surface area contributed by atoms with Gasteiger partial charge in [-0.15, -0.1) is 0 Å². The lowest BCUT2D eigenvalue weighted by Crippen LogP contribution is -2.46. The molecular weight excluding hydrogens is 433 g/mol. The van der Waals surface area contributed by atoms with Gasteiger partial charge in [-0.25, -0.2) is 0 Å². The van der Waals surface area contributed by atoms with Gasteiger partial charge in [0.25, 0.3) is 0 Å². The van der Waals surface area contributed by atoms with Crippen LogP contribution in [0.25, 0.3) is 0 Å². The molecule has 0 radical (unpaired) electrons. The number of amides is 1. The molecule has 2 aromatic carbocycles. The average Bonchev–Trinajstić information content (AvgIpc) is 3.40. The Balaban J connectivity index is 1.05. The number of piperazine rings is 1. The number of nitrogens with zero attached hydrogens (tertiary/aromatic N) is 2. The van der Waals surface area contributed by atoms with Crippen LogP contribution in [0.15, 0.2) is 36.4 Å². The number of fused-ring (bicyclic) bond motifs is 3. The molecule has 1 amide bonds. The van der Waals surface area contributed by atoms with E-state index in [0.29, 0.717) is 33.7 Å². The second-order valence-corrected chi connectivity index (χ2v) is 9.04. The van der Waals surface area contributed by atoms with Gasteiger partial charge in [-0.1, -0.05) is 35.3 Å². The molecule has 1 saturated carbocycles. The number of ether oxygens (including phenoxy) is 1. The summed E-state index contributed by atoms with van der Waals surface area (Å²) in [6.07, 6.45) is 2.22. The van der Waals surface area contributed by atoms with Crippen molar-refractivity contribution in [3.05, 3.63) is 52.0 Å². The zero-order chi connectivity index (χ0) is 23.2. The number of carbonyl (C=O) groups excluding carboxylic acids is 1. The van der Waals surface area contributed by atoms with E-state index in [1.807, 2.05) is 30.3 Å². The number of rotatable bonds is 7. The first-order valence-corrected chi connectivity index (χ1v) is 11.6. The Hall–Kier alpha value is -1.95. The first-order chi connectivity index (χ1) is 15.8. The molecule has 5 rings (SSSR count). The van der Waals surface area contributed by atoms with Crippen molar-refractivity contribution in [3.8, 4) is 5.75 Å². The minimum absolute atomic E-state index is 0.249. The Morgan fingerprint density at radius 1 is 1.10 bits per heavy atom. The summed E-state index contributed by atoms with van der Waals surface area (Å²) in [7, 11) is 0. The third-order valence-corrected chi connectivity index (χ3v) is 7.02. The van der Waals surface area contributed by atoms with E-state index in [-0.39, 0.29) is 12.3 Å². The van der Waals surface area contributed by atoms with Gasteiger partial charge in [0.05, 0.1) is 22.3 Å². The van der Waals surface area contributed by atoms with Crippen LogP contribution in [0.1, 0.15) is 33.5 Å². The van der Waals surface area contributed by atoms with Crippen molar-refractivity contribution in [1.29, 1.82) is 0 Å². The highest BCUT2D eigenvalue weighted by molar-refractivity contribution is 6.43. The molecule has 3 aliphatic rings. The van der Waals surface area contributed by atoms with Gasteiger partial charge in [0.15, 0.2) is 0 Å². The van der Waals surface area contributed by atoms with E-state index in [4.69, 9.17) is 30.7 Å². The number of carbonyl (C=O) groups is 1. The molecular formula is C24H27Cl2N3O2. The second kappa shape index (κ2) is 8.89. The van der Waals surface area contributed by atoms with Gasteiger partial charge in [0.2, 0.25) is 5.91 Å². The van der Waals surface area contributed by atoms with Crippen molar-refractivity contribution < 1.29 is 12.3 Å². The number of unbranched alkanes of at least 4 members (excludes halogenated alkanes) is 1. The standard InChI is InChI=1S/C24H27Cl2N3O2/c25-20-4-3-5-22(23(20)26)29-11-9-28(10-12-29)8-1-2-13-31-16-6-7-17-18-15-19(18)24(30)27-21(17)14-16/h3-7,14,18-19H,1-2,8-13,15H2,(H,27,30)/i18D,19D. The maximum absolute atomic E-state index is 12.1. The van der Waals surface area contributed by atoms with E-state index in [9.17, 15) is 4.79 Å². The van der Waals surface area contributed by atoms with Crippen LogP contribution in [0.5, 0.6) is 5.75 Å². The number of anilines is 2. The molecule has 2 atom stereocenters. The molecule has 0 bridgehead atoms. The van der Waals surface area contributed by atoms with Crippen LogP contribution < -0.4 is 15.0 Å². The Morgan fingerprint density at radius 2 is 1.94 bits per heavy atom. The largest absolute Gasteiger partial charge is 0.494 e. The molecule has 2 unspecified atom stereocenters. The number of nitrogens with one attached hydrogen (secondary N) is 1. The lowest BCUT2D eigenvalue weighted by Gasteiger charge is -2.36. The van der Waals surface area contributed by atoms with Crippen molar-refractivity contribution in [2.45, 2.75) is 25.2 Å². The van der Waals surface area contributed by atoms with Crippen LogP contribution in [0.3, 0.4) is 0 Å². The Kier molecular flexibility index (Phi) is 5.34. The van der Waals surface area contributed by atoms with E-state index in [1.165, 1.54) is 0 Å². The molecule has 5 nitrogen and oxygen atoms in total. The quantitative estimate of drug-likeness (QED) is 0.587. The highest BCUT2D eigenvalue weighted by Gasteiger charge is 2.48. The van der Waals surface area contributed by atoms with Gasteiger partial charge in [-0.05, 0) is 55.5 Å². The summed E-state index contributed by atoms with van der Waals surface area (Å²) >= 11 is 12.5. The van der Waals surface area contributed by atoms with E-state index in [0.717, 1.165) is 51.3 Å². The van der Waals surface area contributed by atoms with Gasteiger partial charge in [0, 0.05) is 46.6 Å². The van der Waals surface area contributed by atoms with Crippen molar-refractivity contribution in [2.24, 2.45) is 5.89 Å². The van der Waals surface area contributed by atoms with Crippen LogP contribution in [-0.4, -0.2) is 50.1 Å². The van der Waals surface area contributed by atoms with Crippen LogP contribution in [0.4, 0.5) is 11.4 Å². The van der Waals surface area contributed by atoms with E-state index < -0.39 is 11.8 Å². The first kappa shape index (κ1) is 18.6. The summed E-state index contributed by atoms with van der Waals surface area (Å²) in [6, 6.07) is 11.2. The van der Waals surface area contributed by atoms with E-state index >= 15 is 0 Å². The van der Waals surface area contributed by atoms with Gasteiger partial charge >= 0.3 is 0 Å². The Morgan fingerprint density at radius 3 is 2.77 bits per heavy atom. The summed E-state index contributed by atoms with van der Waals surface area (Å²) < 4.78 is 22.5. The highest BCUT2D eigenvalue weighted by atomic mass is 35.5. The van der Waals surface area contributed by atoms with Gasteiger partial charge in [-0.3, -0.25) is 9.69 Å². The second-order valence-electron chi connectivity index (χ2n) is 8.25. The van der Waals surface area contributed by atoms with E-state index in [1.54, 1.807) is 6.07 Å². The fourth-order valence-corrected chi connectivity index (χ4v) is 4.78. The normalized spacial score (nSPS) is 28.2. The zero-order valence-electron chi connectivity index (χ0n) is 19.3. The van der Waals surface area contributed by atoms with Crippen LogP contribution in [0.2, 0.25) is 10.0 Å². The summed E-state index contributed by atoms with van der Waals surface area (Å²) in [6.45, 7) is 5.44. The minimum Gasteiger partial charge on any atom is -0.494 e. The summed E-state index contributed by atoms with van der Waals surface area (Å²) in [5, 5.41) is 3.99. The fraction of sp³-hybridized carbons (Fsp3) is 0.458. The summed E-state index contributed by atoms with van der Waals surface area (Å²) in [5.74, 6) is -2.16. The molecule has 2 heterocycles. The number of halogens is 2. The Bertz CT molecular complexity index is 1080. The topological polar surface area (TPSA) is 44.8 Å². The molecule has 164 valence electrons. The molecule has 7 heteroatoms. The molecule has 31 heavy (non-hydrogen) atoms. The maximum Gasteiger partial charge on any atom is 0.228 e. The number of benzene rings is 2. The third kappa shape index (κ3) is 4.50. The van der Waals surface area contributed by atoms with Crippen molar-refractivity contribution in [3.63, 3.8) is 0 Å². The lowest BCUT2D eigenvalue weighted by molar-refractivity contribution is -0.117. The van der Waals surface area contributed by atoms with Crippen LogP contribution >= 0.6 is 23.2 Å². The summed E-state index contributed by atoms with van der Waals surface area (Å²) in [5.41, 5.74) is 2.32. The molecule has 2 aliphatic heterocycles. The predicted molar refractivity (Wildman–Crippen MR) is 126 cm³/mol. The smallest absolute Gasteiger partial charge is 0.228 e. The molecule has 0 spiro atoms. The maximum atomic E-state index is 12.1. The van der Waals surface area contributed by atoms with Crippen molar-refractivity contribution in [1.82, 2.24) is 4.90 Å². The molecule has 2 fully saturated rings. The first-order valence-electron chi connectivity index (χ1n) is 11.8. The Labute approximate surface area is 196 Å². The average molecular weight is 462 g/mol. The van der Waals surface area contributed by atoms with Crippen molar-refractivity contribution >= 4 is 40.5 Å². The fourth-order valence-electron chi connectivity index (χ4n) is 4.36. The summed E-state index contributed by atoms with van der Waals surface area (Å²) in [4.78, 5) is 16.9. The van der Waals surface area contributed by atoms with Gasteiger partial charge in [0.1, 0.15) is 5.75 Å². The highest BCUT2D eigenvalue weighted by Crippen LogP contribution is 2.53. The van der Waals surface area contributed by atoms with Crippen LogP contribution in [0, 0.1) is 5.89 Å². The predicted octanol–water partition coefficient (Wildman–Crippen LogP) is 5.03.